The molecule has 0 bridgehead atoms. The Bertz CT molecular complexity index is 337. The van der Waals surface area contributed by atoms with Crippen molar-refractivity contribution < 1.29 is 14.4 Å². The average molecular weight is 240 g/mol. The number of piperazine rings is 1. The highest BCUT2D eigenvalue weighted by Gasteiger charge is 2.40. The molecule has 5 nitrogen and oxygen atoms in total. The number of hydrogen-bond donors (Lipinski definition) is 1. The van der Waals surface area contributed by atoms with Crippen molar-refractivity contribution in [1.29, 1.82) is 0 Å². The summed E-state index contributed by atoms with van der Waals surface area (Å²) in [5.41, 5.74) is -0.649. The Hall–Kier alpha value is -1.23. The first kappa shape index (κ1) is 13.8. The lowest BCUT2D eigenvalue weighted by molar-refractivity contribution is -0.145. The molecule has 1 aliphatic rings. The molecule has 5 heteroatoms. The van der Waals surface area contributed by atoms with Crippen molar-refractivity contribution >= 4 is 17.6 Å². The molecule has 0 radical (unpaired) electrons. The first-order valence-electron chi connectivity index (χ1n) is 5.93. The van der Waals surface area contributed by atoms with Crippen molar-refractivity contribution in [1.82, 2.24) is 10.2 Å². The Kier molecular flexibility index (Phi) is 4.40. The second-order valence-electron chi connectivity index (χ2n) is 5.02. The van der Waals surface area contributed by atoms with Crippen molar-refractivity contribution in [2.75, 3.05) is 13.1 Å². The van der Waals surface area contributed by atoms with E-state index in [4.69, 9.17) is 0 Å². The predicted octanol–water partition coefficient (Wildman–Crippen LogP) is 0.483. The second kappa shape index (κ2) is 5.40. The van der Waals surface area contributed by atoms with E-state index in [-0.39, 0.29) is 24.1 Å². The van der Waals surface area contributed by atoms with E-state index >= 15 is 0 Å². The Balaban J connectivity index is 2.47. The van der Waals surface area contributed by atoms with Gasteiger partial charge in [-0.2, -0.15) is 0 Å². The van der Waals surface area contributed by atoms with E-state index in [2.05, 4.69) is 5.32 Å². The lowest BCUT2D eigenvalue weighted by Gasteiger charge is -2.40. The fraction of sp³-hybridized carbons (Fsp3) is 0.750. The van der Waals surface area contributed by atoms with Gasteiger partial charge in [0.25, 0.3) is 0 Å². The maximum Gasteiger partial charge on any atom is 0.246 e. The zero-order valence-electron chi connectivity index (χ0n) is 10.7. The number of ketones is 1. The summed E-state index contributed by atoms with van der Waals surface area (Å²) in [6.07, 6.45) is 2.19. The number of carbonyl (C=O) groups is 3. The van der Waals surface area contributed by atoms with Gasteiger partial charge in [0, 0.05) is 6.42 Å². The molecule has 0 aromatic heterocycles. The van der Waals surface area contributed by atoms with E-state index in [1.165, 1.54) is 0 Å². The smallest absolute Gasteiger partial charge is 0.246 e. The quantitative estimate of drug-likeness (QED) is 0.561. The van der Waals surface area contributed by atoms with Gasteiger partial charge in [-0.1, -0.05) is 0 Å². The molecule has 0 saturated carbocycles. The van der Waals surface area contributed by atoms with Crippen LogP contribution in [0.1, 0.15) is 40.0 Å². The summed E-state index contributed by atoms with van der Waals surface area (Å²) in [7, 11) is 0. The number of nitrogens with one attached hydrogen (secondary N) is 1. The summed E-state index contributed by atoms with van der Waals surface area (Å²) in [6, 6.07) is 0. The number of imide groups is 1. The van der Waals surface area contributed by atoms with Crippen LogP contribution in [0.25, 0.3) is 0 Å². The molecule has 96 valence electrons. The van der Waals surface area contributed by atoms with Crippen molar-refractivity contribution in [2.24, 2.45) is 0 Å². The molecule has 0 aromatic rings. The summed E-state index contributed by atoms with van der Waals surface area (Å²) in [4.78, 5) is 35.6. The zero-order valence-corrected chi connectivity index (χ0v) is 10.7. The molecule has 2 amide bonds. The van der Waals surface area contributed by atoms with E-state index in [0.717, 1.165) is 12.8 Å². The van der Waals surface area contributed by atoms with Crippen LogP contribution >= 0.6 is 0 Å². The molecule has 1 aliphatic heterocycles. The molecule has 1 rings (SSSR count). The van der Waals surface area contributed by atoms with Gasteiger partial charge in [-0.3, -0.25) is 19.8 Å². The standard InChI is InChI=1S/C12H20N2O3/c1-9(15)6-4-5-7-14-8-10(16)13-11(17)12(14,2)3/h4-8H2,1-3H3,(H,13,16,17). The van der Waals surface area contributed by atoms with Crippen LogP contribution in [0, 0.1) is 0 Å². The molecule has 0 unspecified atom stereocenters. The highest BCUT2D eigenvalue weighted by molar-refractivity contribution is 6.02. The van der Waals surface area contributed by atoms with Gasteiger partial charge in [0.05, 0.1) is 12.1 Å². The van der Waals surface area contributed by atoms with Crippen LogP contribution in [0.4, 0.5) is 0 Å². The van der Waals surface area contributed by atoms with Gasteiger partial charge < -0.3 is 4.79 Å². The Morgan fingerprint density at radius 2 is 2.00 bits per heavy atom. The first-order chi connectivity index (χ1) is 7.84. The number of carbonyl (C=O) groups excluding carboxylic acids is 3. The summed E-state index contributed by atoms with van der Waals surface area (Å²) >= 11 is 0. The van der Waals surface area contributed by atoms with Crippen LogP contribution in [-0.2, 0) is 14.4 Å². The Morgan fingerprint density at radius 1 is 1.35 bits per heavy atom. The molecular formula is C12H20N2O3. The minimum atomic E-state index is -0.649. The molecule has 1 heterocycles. The van der Waals surface area contributed by atoms with E-state index in [0.29, 0.717) is 13.0 Å². The molecule has 1 N–H and O–H groups in total. The second-order valence-corrected chi connectivity index (χ2v) is 5.02. The van der Waals surface area contributed by atoms with Gasteiger partial charge in [0.1, 0.15) is 5.78 Å². The third-order valence-electron chi connectivity index (χ3n) is 3.14. The maximum atomic E-state index is 11.6. The minimum absolute atomic E-state index is 0.178. The molecular weight excluding hydrogens is 220 g/mol. The van der Waals surface area contributed by atoms with Crippen molar-refractivity contribution in [3.8, 4) is 0 Å². The van der Waals surface area contributed by atoms with Crippen molar-refractivity contribution in [3.05, 3.63) is 0 Å². The number of unbranched alkanes of at least 4 members (excludes halogenated alkanes) is 1. The van der Waals surface area contributed by atoms with Crippen LogP contribution in [0.5, 0.6) is 0 Å². The fourth-order valence-corrected chi connectivity index (χ4v) is 1.87. The highest BCUT2D eigenvalue weighted by Crippen LogP contribution is 2.18. The average Bonchev–Trinajstić information content (AvgIpc) is 2.20. The number of rotatable bonds is 5. The lowest BCUT2D eigenvalue weighted by atomic mass is 9.98. The van der Waals surface area contributed by atoms with Gasteiger partial charge in [-0.25, -0.2) is 0 Å². The SMILES string of the molecule is CC(=O)CCCCN1CC(=O)NC(=O)C1(C)C. The topological polar surface area (TPSA) is 66.5 Å². The molecule has 0 atom stereocenters. The van der Waals surface area contributed by atoms with Gasteiger partial charge in [0.15, 0.2) is 0 Å². The summed E-state index contributed by atoms with van der Waals surface area (Å²) < 4.78 is 0. The maximum absolute atomic E-state index is 11.6. The first-order valence-corrected chi connectivity index (χ1v) is 5.93. The molecule has 0 spiro atoms. The lowest BCUT2D eigenvalue weighted by Crippen LogP contribution is -2.64. The third-order valence-corrected chi connectivity index (χ3v) is 3.14. The van der Waals surface area contributed by atoms with E-state index in [1.807, 2.05) is 4.90 Å². The van der Waals surface area contributed by atoms with Crippen LogP contribution in [0.3, 0.4) is 0 Å². The van der Waals surface area contributed by atoms with Gasteiger partial charge in [-0.15, -0.1) is 0 Å². The predicted molar refractivity (Wildman–Crippen MR) is 63.3 cm³/mol. The molecule has 1 fully saturated rings. The summed E-state index contributed by atoms with van der Waals surface area (Å²) in [6.45, 7) is 6.10. The van der Waals surface area contributed by atoms with Gasteiger partial charge in [-0.05, 0) is 40.2 Å². The summed E-state index contributed by atoms with van der Waals surface area (Å²) in [5, 5.41) is 2.33. The van der Waals surface area contributed by atoms with Gasteiger partial charge >= 0.3 is 0 Å². The van der Waals surface area contributed by atoms with Crippen LogP contribution < -0.4 is 5.32 Å². The molecule has 1 saturated heterocycles. The molecule has 17 heavy (non-hydrogen) atoms. The minimum Gasteiger partial charge on any atom is -0.300 e. The zero-order chi connectivity index (χ0) is 13.1. The van der Waals surface area contributed by atoms with Crippen molar-refractivity contribution in [3.63, 3.8) is 0 Å². The van der Waals surface area contributed by atoms with E-state index < -0.39 is 5.54 Å². The van der Waals surface area contributed by atoms with Crippen LogP contribution in [0.2, 0.25) is 0 Å². The molecule has 0 aromatic carbocycles. The monoisotopic (exact) mass is 240 g/mol. The van der Waals surface area contributed by atoms with Crippen LogP contribution in [0.15, 0.2) is 0 Å². The fourth-order valence-electron chi connectivity index (χ4n) is 1.87. The highest BCUT2D eigenvalue weighted by atomic mass is 16.2. The largest absolute Gasteiger partial charge is 0.300 e. The number of amides is 2. The third kappa shape index (κ3) is 3.63. The van der Waals surface area contributed by atoms with Gasteiger partial charge in [0.2, 0.25) is 11.8 Å². The Labute approximate surface area is 102 Å². The van der Waals surface area contributed by atoms with Crippen molar-refractivity contribution in [2.45, 2.75) is 45.6 Å². The summed E-state index contributed by atoms with van der Waals surface area (Å²) in [5.74, 6) is -0.321. The van der Waals surface area contributed by atoms with E-state index in [9.17, 15) is 14.4 Å². The van der Waals surface area contributed by atoms with Crippen LogP contribution in [-0.4, -0.2) is 41.1 Å². The number of Topliss-reactive ketones (excluding diaryl/α,β-unsaturated/α-hetero) is 1. The van der Waals surface area contributed by atoms with E-state index in [1.54, 1.807) is 20.8 Å². The normalized spacial score (nSPS) is 20.2. The number of nitrogens with zero attached hydrogens (tertiary/aromatic N) is 1. The Morgan fingerprint density at radius 3 is 2.59 bits per heavy atom. The number of hydrogen-bond acceptors (Lipinski definition) is 4. The molecule has 0 aliphatic carbocycles.